The van der Waals surface area contributed by atoms with Gasteiger partial charge in [0.05, 0.1) is 0 Å². The Hall–Kier alpha value is -1.16. The van der Waals surface area contributed by atoms with Crippen molar-refractivity contribution in [3.63, 3.8) is 0 Å². The van der Waals surface area contributed by atoms with E-state index in [2.05, 4.69) is 48.5 Å². The number of rotatable bonds is 0. The summed E-state index contributed by atoms with van der Waals surface area (Å²) in [7, 11) is -5.84. The third kappa shape index (κ3) is 4.19. The van der Waals surface area contributed by atoms with Crippen LogP contribution in [0.2, 0.25) is 0 Å². The second kappa shape index (κ2) is 6.53. The molecule has 2 aromatic carbocycles. The fourth-order valence-electron chi connectivity index (χ4n) is 1.47. The Morgan fingerprint density at radius 2 is 1.00 bits per heavy atom. The molecule has 0 amide bonds. The fourth-order valence-corrected chi connectivity index (χ4v) is 3.71. The first-order valence-electron chi connectivity index (χ1n) is 5.76. The predicted molar refractivity (Wildman–Crippen MR) is 78.7 cm³/mol. The molecule has 1 aliphatic heterocycles. The standard InChI is InChI=1S/C12H8S2.CHF3O3S/c1-2-6-10-9(5-1)13-11-7-3-4-8-12(11)14-10;2-1(3,4)8(5,6)7/h1-8H;(H,5,6,7). The molecule has 1 heterocycles. The van der Waals surface area contributed by atoms with E-state index < -0.39 is 15.6 Å². The molecule has 0 aliphatic carbocycles. The molecule has 3 nitrogen and oxygen atoms in total. The molecule has 9 heteroatoms. The van der Waals surface area contributed by atoms with E-state index in [1.165, 1.54) is 19.6 Å². The van der Waals surface area contributed by atoms with E-state index in [1.807, 2.05) is 23.5 Å². The number of benzene rings is 2. The van der Waals surface area contributed by atoms with E-state index in [0.29, 0.717) is 0 Å². The second-order valence-corrected chi connectivity index (χ2v) is 7.60. The van der Waals surface area contributed by atoms with Crippen LogP contribution in [0.15, 0.2) is 68.1 Å². The van der Waals surface area contributed by atoms with Crippen LogP contribution in [0.25, 0.3) is 0 Å². The zero-order valence-electron chi connectivity index (χ0n) is 10.7. The predicted octanol–water partition coefficient (Wildman–Crippen LogP) is 4.70. The Bertz CT molecular complexity index is 686. The summed E-state index contributed by atoms with van der Waals surface area (Å²) >= 11 is 3.72. The largest absolute Gasteiger partial charge is 0.522 e. The molecule has 3 rings (SSSR count). The first kappa shape index (κ1) is 17.2. The summed E-state index contributed by atoms with van der Waals surface area (Å²) in [6, 6.07) is 17.1. The van der Waals surface area contributed by atoms with E-state index in [1.54, 1.807) is 0 Å². The van der Waals surface area contributed by atoms with Crippen molar-refractivity contribution in [2.75, 3.05) is 0 Å². The molecule has 0 radical (unpaired) electrons. The van der Waals surface area contributed by atoms with Crippen LogP contribution in [0.1, 0.15) is 0 Å². The minimum Gasteiger partial charge on any atom is -0.279 e. The summed E-state index contributed by atoms with van der Waals surface area (Å²) in [5.74, 6) is 0. The van der Waals surface area contributed by atoms with E-state index in [0.717, 1.165) is 0 Å². The Morgan fingerprint density at radius 1 is 0.773 bits per heavy atom. The summed E-state index contributed by atoms with van der Waals surface area (Å²) in [6.07, 6.45) is 0. The Labute approximate surface area is 133 Å². The number of hydrogen-bond acceptors (Lipinski definition) is 4. The van der Waals surface area contributed by atoms with Gasteiger partial charge in [-0.2, -0.15) is 21.6 Å². The van der Waals surface area contributed by atoms with Crippen molar-refractivity contribution in [2.24, 2.45) is 0 Å². The van der Waals surface area contributed by atoms with Gasteiger partial charge >= 0.3 is 15.6 Å². The average molecular weight is 366 g/mol. The number of fused-ring (bicyclic) bond motifs is 2. The van der Waals surface area contributed by atoms with Gasteiger partial charge in [-0.25, -0.2) is 0 Å². The molecule has 0 bridgehead atoms. The van der Waals surface area contributed by atoms with Gasteiger partial charge in [0.2, 0.25) is 0 Å². The lowest BCUT2D eigenvalue weighted by Gasteiger charge is -2.17. The lowest BCUT2D eigenvalue weighted by Crippen LogP contribution is -2.21. The fraction of sp³-hybridized carbons (Fsp3) is 0.0769. The van der Waals surface area contributed by atoms with Crippen LogP contribution in [0, 0.1) is 0 Å². The lowest BCUT2D eigenvalue weighted by atomic mass is 10.3. The van der Waals surface area contributed by atoms with E-state index in [4.69, 9.17) is 13.0 Å². The van der Waals surface area contributed by atoms with Crippen molar-refractivity contribution in [3.8, 4) is 0 Å². The van der Waals surface area contributed by atoms with Crippen LogP contribution in [0.3, 0.4) is 0 Å². The summed E-state index contributed by atoms with van der Waals surface area (Å²) in [6.45, 7) is 0. The van der Waals surface area contributed by atoms with Gasteiger partial charge in [0.1, 0.15) is 0 Å². The van der Waals surface area contributed by atoms with Crippen molar-refractivity contribution in [2.45, 2.75) is 25.1 Å². The van der Waals surface area contributed by atoms with Crippen LogP contribution in [0.4, 0.5) is 13.2 Å². The molecule has 1 N–H and O–H groups in total. The SMILES string of the molecule is O=S(=O)(O)C(F)(F)F.c1ccc2c(c1)Sc1ccccc1S2. The van der Waals surface area contributed by atoms with Gasteiger partial charge in [0.15, 0.2) is 0 Å². The molecular formula is C13H9F3O3S3. The number of alkyl halides is 3. The molecule has 0 fully saturated rings. The maximum atomic E-state index is 10.7. The molecule has 0 atom stereocenters. The van der Waals surface area contributed by atoms with E-state index >= 15 is 0 Å². The highest BCUT2D eigenvalue weighted by atomic mass is 32.2. The highest BCUT2D eigenvalue weighted by Gasteiger charge is 2.44. The summed E-state index contributed by atoms with van der Waals surface area (Å²) < 4.78 is 57.5. The Morgan fingerprint density at radius 3 is 1.18 bits per heavy atom. The molecule has 0 unspecified atom stereocenters. The van der Waals surface area contributed by atoms with Crippen LogP contribution in [0.5, 0.6) is 0 Å². The maximum Gasteiger partial charge on any atom is 0.522 e. The normalized spacial score (nSPS) is 13.5. The summed E-state index contributed by atoms with van der Waals surface area (Å²) in [5.41, 5.74) is -5.53. The van der Waals surface area contributed by atoms with E-state index in [9.17, 15) is 13.2 Å². The van der Waals surface area contributed by atoms with Crippen molar-refractivity contribution in [1.82, 2.24) is 0 Å². The zero-order valence-corrected chi connectivity index (χ0v) is 13.2. The molecule has 2 aromatic rings. The number of halogens is 3. The lowest BCUT2D eigenvalue weighted by molar-refractivity contribution is -0.0510. The topological polar surface area (TPSA) is 54.4 Å². The number of hydrogen-bond donors (Lipinski definition) is 1. The monoisotopic (exact) mass is 366 g/mol. The third-order valence-electron chi connectivity index (χ3n) is 2.43. The van der Waals surface area contributed by atoms with Crippen LogP contribution in [-0.4, -0.2) is 18.5 Å². The maximum absolute atomic E-state index is 10.7. The van der Waals surface area contributed by atoms with Crippen molar-refractivity contribution in [1.29, 1.82) is 0 Å². The zero-order chi connectivity index (χ0) is 16.4. The highest BCUT2D eigenvalue weighted by Crippen LogP contribution is 2.47. The van der Waals surface area contributed by atoms with Crippen molar-refractivity contribution in [3.05, 3.63) is 48.5 Å². The first-order valence-corrected chi connectivity index (χ1v) is 8.83. The van der Waals surface area contributed by atoms with Gasteiger partial charge < -0.3 is 0 Å². The molecule has 22 heavy (non-hydrogen) atoms. The average Bonchev–Trinajstić information content (AvgIpc) is 2.43. The van der Waals surface area contributed by atoms with Gasteiger partial charge in [-0.05, 0) is 24.3 Å². The smallest absolute Gasteiger partial charge is 0.279 e. The van der Waals surface area contributed by atoms with Gasteiger partial charge in [-0.3, -0.25) is 4.55 Å². The Kier molecular flexibility index (Phi) is 5.10. The van der Waals surface area contributed by atoms with Crippen molar-refractivity contribution < 1.29 is 26.1 Å². The second-order valence-electron chi connectivity index (χ2n) is 4.02. The molecule has 118 valence electrons. The van der Waals surface area contributed by atoms with Gasteiger partial charge in [-0.15, -0.1) is 0 Å². The van der Waals surface area contributed by atoms with Crippen LogP contribution in [-0.2, 0) is 10.1 Å². The van der Waals surface area contributed by atoms with Gasteiger partial charge in [0, 0.05) is 19.6 Å². The third-order valence-corrected chi connectivity index (χ3v) is 5.58. The molecule has 0 saturated carbocycles. The summed E-state index contributed by atoms with van der Waals surface area (Å²) in [4.78, 5) is 5.49. The quantitative estimate of drug-likeness (QED) is 0.462. The van der Waals surface area contributed by atoms with E-state index in [-0.39, 0.29) is 0 Å². The molecule has 1 aliphatic rings. The minimum absolute atomic E-state index is 1.37. The summed E-state index contributed by atoms with van der Waals surface area (Å²) in [5, 5.41) is 0. The first-order chi connectivity index (χ1) is 10.2. The van der Waals surface area contributed by atoms with Crippen LogP contribution < -0.4 is 0 Å². The van der Waals surface area contributed by atoms with Gasteiger partial charge in [0.25, 0.3) is 0 Å². The minimum atomic E-state index is -5.84. The molecule has 0 spiro atoms. The molecule has 0 saturated heterocycles. The van der Waals surface area contributed by atoms with Gasteiger partial charge in [-0.1, -0.05) is 47.8 Å². The highest BCUT2D eigenvalue weighted by molar-refractivity contribution is 8.05. The van der Waals surface area contributed by atoms with Crippen molar-refractivity contribution >= 4 is 33.6 Å². The van der Waals surface area contributed by atoms with Crippen LogP contribution >= 0.6 is 23.5 Å². The molecule has 0 aromatic heterocycles. The Balaban J connectivity index is 0.000000192. The molecular weight excluding hydrogens is 357 g/mol.